The zero-order valence-electron chi connectivity index (χ0n) is 6.23. The molecule has 0 spiro atoms. The second-order valence-electron chi connectivity index (χ2n) is 2.11. The molecule has 2 N–H and O–H groups in total. The largest absolute Gasteiger partial charge is 0.478 e. The van der Waals surface area contributed by atoms with Crippen molar-refractivity contribution in [3.63, 3.8) is 0 Å². The maximum Gasteiger partial charge on any atom is 0.335 e. The number of carboxylic acids is 1. The van der Waals surface area contributed by atoms with E-state index in [2.05, 4.69) is 4.74 Å². The second-order valence-corrected chi connectivity index (χ2v) is 2.11. The van der Waals surface area contributed by atoms with E-state index in [4.69, 9.17) is 10.2 Å². The van der Waals surface area contributed by atoms with Gasteiger partial charge in [0.1, 0.15) is 5.75 Å². The molecule has 0 fully saturated rings. The van der Waals surface area contributed by atoms with Crippen LogP contribution >= 0.6 is 0 Å². The highest BCUT2D eigenvalue weighted by atomic mass is 16.6. The number of aliphatic hydroxyl groups excluding tert-OH is 1. The van der Waals surface area contributed by atoms with Crippen molar-refractivity contribution in [1.29, 1.82) is 0 Å². The first-order valence-corrected chi connectivity index (χ1v) is 3.31. The lowest BCUT2D eigenvalue weighted by atomic mass is 10.2. The molecule has 0 bridgehead atoms. The molecule has 0 aliphatic heterocycles. The minimum atomic E-state index is -1.02. The molecule has 0 atom stereocenters. The highest BCUT2D eigenvalue weighted by Crippen LogP contribution is 2.12. The average molecular weight is 168 g/mol. The van der Waals surface area contributed by atoms with E-state index in [1.165, 1.54) is 12.1 Å². The fourth-order valence-corrected chi connectivity index (χ4v) is 0.793. The lowest BCUT2D eigenvalue weighted by Crippen LogP contribution is -1.98. The van der Waals surface area contributed by atoms with Gasteiger partial charge in [-0.05, 0) is 18.2 Å². The number of hydrogen-bond acceptors (Lipinski definition) is 3. The molecule has 4 heteroatoms. The van der Waals surface area contributed by atoms with E-state index in [1.54, 1.807) is 12.1 Å². The van der Waals surface area contributed by atoms with Crippen molar-refractivity contribution in [2.75, 3.05) is 6.79 Å². The van der Waals surface area contributed by atoms with Crippen LogP contribution < -0.4 is 4.74 Å². The van der Waals surface area contributed by atoms with E-state index in [1.807, 2.05) is 0 Å². The standard InChI is InChI=1S/C8H8O4/c9-5-12-7-3-1-2-6(4-7)8(10)11/h1-4,9H,5H2,(H,10,11). The van der Waals surface area contributed by atoms with Crippen LogP contribution in [0, 0.1) is 0 Å². The van der Waals surface area contributed by atoms with Crippen LogP contribution in [-0.2, 0) is 0 Å². The number of aliphatic hydroxyl groups is 1. The number of carboxylic acid groups (broad SMARTS) is 1. The van der Waals surface area contributed by atoms with Gasteiger partial charge in [0.2, 0.25) is 0 Å². The Kier molecular flexibility index (Phi) is 2.66. The van der Waals surface area contributed by atoms with E-state index in [-0.39, 0.29) is 5.56 Å². The summed E-state index contributed by atoms with van der Waals surface area (Å²) in [6.07, 6.45) is 0. The Hall–Kier alpha value is -1.55. The monoisotopic (exact) mass is 168 g/mol. The first kappa shape index (κ1) is 8.55. The molecule has 64 valence electrons. The van der Waals surface area contributed by atoms with Crippen LogP contribution in [0.4, 0.5) is 0 Å². The molecule has 1 aromatic carbocycles. The fraction of sp³-hybridized carbons (Fsp3) is 0.125. The highest BCUT2D eigenvalue weighted by molar-refractivity contribution is 5.87. The molecule has 1 aromatic rings. The molecule has 0 saturated heterocycles. The summed E-state index contributed by atoms with van der Waals surface area (Å²) in [5.74, 6) is -0.671. The minimum Gasteiger partial charge on any atom is -0.478 e. The minimum absolute atomic E-state index is 0.140. The van der Waals surface area contributed by atoms with Crippen molar-refractivity contribution < 1.29 is 19.7 Å². The van der Waals surface area contributed by atoms with Gasteiger partial charge in [0.25, 0.3) is 0 Å². The Bertz CT molecular complexity index is 282. The number of hydrogen-bond donors (Lipinski definition) is 2. The summed E-state index contributed by atoms with van der Waals surface area (Å²) in [5.41, 5.74) is 0.140. The van der Waals surface area contributed by atoms with Crippen LogP contribution in [0.3, 0.4) is 0 Å². The van der Waals surface area contributed by atoms with Gasteiger partial charge in [-0.2, -0.15) is 0 Å². The van der Waals surface area contributed by atoms with Crippen LogP contribution in [0.25, 0.3) is 0 Å². The van der Waals surface area contributed by atoms with Crippen molar-refractivity contribution in [2.24, 2.45) is 0 Å². The van der Waals surface area contributed by atoms with Gasteiger partial charge in [-0.1, -0.05) is 6.07 Å². The van der Waals surface area contributed by atoms with E-state index < -0.39 is 12.8 Å². The zero-order chi connectivity index (χ0) is 8.97. The lowest BCUT2D eigenvalue weighted by Gasteiger charge is -2.01. The topological polar surface area (TPSA) is 66.8 Å². The summed E-state index contributed by atoms with van der Waals surface area (Å²) in [4.78, 5) is 10.4. The number of rotatable bonds is 3. The molecule has 0 heterocycles. The molecule has 0 radical (unpaired) electrons. The van der Waals surface area contributed by atoms with Gasteiger partial charge < -0.3 is 14.9 Å². The fourth-order valence-electron chi connectivity index (χ4n) is 0.793. The predicted octanol–water partition coefficient (Wildman–Crippen LogP) is 0.713. The average Bonchev–Trinajstić information content (AvgIpc) is 2.05. The van der Waals surface area contributed by atoms with E-state index in [0.717, 1.165) is 0 Å². The maximum absolute atomic E-state index is 10.4. The third kappa shape index (κ3) is 1.96. The first-order valence-electron chi connectivity index (χ1n) is 3.31. The van der Waals surface area contributed by atoms with Gasteiger partial charge >= 0.3 is 5.97 Å². The third-order valence-electron chi connectivity index (χ3n) is 1.31. The van der Waals surface area contributed by atoms with Gasteiger partial charge in [-0.25, -0.2) is 4.79 Å². The van der Waals surface area contributed by atoms with Crippen LogP contribution in [0.5, 0.6) is 5.75 Å². The zero-order valence-corrected chi connectivity index (χ0v) is 6.23. The second kappa shape index (κ2) is 3.73. The summed E-state index contributed by atoms with van der Waals surface area (Å²) in [7, 11) is 0. The Morgan fingerprint density at radius 2 is 2.25 bits per heavy atom. The summed E-state index contributed by atoms with van der Waals surface area (Å²) in [6.45, 7) is -0.455. The number of aromatic carboxylic acids is 1. The smallest absolute Gasteiger partial charge is 0.335 e. The Morgan fingerprint density at radius 3 is 2.83 bits per heavy atom. The highest BCUT2D eigenvalue weighted by Gasteiger charge is 2.02. The van der Waals surface area contributed by atoms with Crippen molar-refractivity contribution in [2.45, 2.75) is 0 Å². The third-order valence-corrected chi connectivity index (χ3v) is 1.31. The first-order chi connectivity index (χ1) is 5.74. The summed E-state index contributed by atoms with van der Waals surface area (Å²) in [6, 6.07) is 5.92. The molecule has 4 nitrogen and oxygen atoms in total. The molecule has 12 heavy (non-hydrogen) atoms. The quantitative estimate of drug-likeness (QED) is 0.652. The van der Waals surface area contributed by atoms with Crippen LogP contribution in [0.1, 0.15) is 10.4 Å². The van der Waals surface area contributed by atoms with Gasteiger partial charge in [0.05, 0.1) is 5.56 Å². The Morgan fingerprint density at radius 1 is 1.50 bits per heavy atom. The normalized spacial score (nSPS) is 9.42. The van der Waals surface area contributed by atoms with Gasteiger partial charge in [0.15, 0.2) is 6.79 Å². The van der Waals surface area contributed by atoms with Crippen molar-refractivity contribution in [3.8, 4) is 5.75 Å². The number of benzene rings is 1. The lowest BCUT2D eigenvalue weighted by molar-refractivity contribution is 0.0693. The SMILES string of the molecule is O=C(O)c1cccc(OCO)c1. The molecule has 0 amide bonds. The van der Waals surface area contributed by atoms with Crippen LogP contribution in [0.2, 0.25) is 0 Å². The molecular weight excluding hydrogens is 160 g/mol. The molecule has 0 aliphatic carbocycles. The van der Waals surface area contributed by atoms with Gasteiger partial charge in [-0.15, -0.1) is 0 Å². The van der Waals surface area contributed by atoms with Crippen molar-refractivity contribution >= 4 is 5.97 Å². The summed E-state index contributed by atoms with van der Waals surface area (Å²) in [5, 5.41) is 16.9. The molecule has 0 unspecified atom stereocenters. The number of carbonyl (C=O) groups is 1. The maximum atomic E-state index is 10.4. The van der Waals surface area contributed by atoms with Crippen molar-refractivity contribution in [1.82, 2.24) is 0 Å². The Balaban J connectivity index is 2.88. The van der Waals surface area contributed by atoms with Crippen LogP contribution in [-0.4, -0.2) is 23.0 Å². The van der Waals surface area contributed by atoms with E-state index >= 15 is 0 Å². The summed E-state index contributed by atoms with van der Waals surface area (Å²) >= 11 is 0. The van der Waals surface area contributed by atoms with Crippen molar-refractivity contribution in [3.05, 3.63) is 29.8 Å². The molecule has 1 rings (SSSR count). The van der Waals surface area contributed by atoms with E-state index in [0.29, 0.717) is 5.75 Å². The van der Waals surface area contributed by atoms with Gasteiger partial charge in [0, 0.05) is 0 Å². The number of ether oxygens (including phenoxy) is 1. The Labute approximate surface area is 69.0 Å². The van der Waals surface area contributed by atoms with Gasteiger partial charge in [-0.3, -0.25) is 0 Å². The molecule has 0 aromatic heterocycles. The van der Waals surface area contributed by atoms with Crippen LogP contribution in [0.15, 0.2) is 24.3 Å². The molecule has 0 aliphatic rings. The summed E-state index contributed by atoms with van der Waals surface area (Å²) < 4.78 is 4.69. The predicted molar refractivity (Wildman–Crippen MR) is 41.1 cm³/mol. The van der Waals surface area contributed by atoms with E-state index in [9.17, 15) is 4.79 Å². The molecule has 0 saturated carbocycles. The molecular formula is C8H8O4.